The average Bonchev–Trinajstić information content (AvgIpc) is 3.54. The molecule has 3 heterocycles. The molecule has 5 rings (SSSR count). The number of methoxy groups -OCH3 is 1. The average molecular weight is 493 g/mol. The minimum atomic E-state index is -0.444. The van der Waals surface area contributed by atoms with Crippen LogP contribution in [-0.2, 0) is 11.3 Å². The van der Waals surface area contributed by atoms with Crippen LogP contribution in [0.5, 0.6) is 17.2 Å². The molecule has 0 saturated carbocycles. The third-order valence-electron chi connectivity index (χ3n) is 5.40. The molecule has 1 aliphatic rings. The maximum Gasteiger partial charge on any atom is 0.237 e. The standard InChI is InChI=1S/C25H24N4O5S/c1-16(24(30)26-18-8-9-21-22(14-18)34-12-11-33-21)35-25-28-27-23(17-5-3-6-19(13-17)31-2)29(25)15-20-7-4-10-32-20/h3-10,13-14,16H,11-12,15H2,1-2H3,(H,26,30)/t16-/m1/s1. The summed E-state index contributed by atoms with van der Waals surface area (Å²) in [7, 11) is 1.62. The van der Waals surface area contributed by atoms with Gasteiger partial charge in [-0.3, -0.25) is 9.36 Å². The van der Waals surface area contributed by atoms with E-state index in [-0.39, 0.29) is 5.91 Å². The van der Waals surface area contributed by atoms with Crippen LogP contribution in [0.3, 0.4) is 0 Å². The van der Waals surface area contributed by atoms with Crippen molar-refractivity contribution in [2.24, 2.45) is 0 Å². The van der Waals surface area contributed by atoms with Crippen LogP contribution in [0.25, 0.3) is 11.4 Å². The zero-order valence-corrected chi connectivity index (χ0v) is 20.1. The van der Waals surface area contributed by atoms with Gasteiger partial charge in [-0.1, -0.05) is 23.9 Å². The monoisotopic (exact) mass is 492 g/mol. The normalized spacial score (nSPS) is 13.3. The van der Waals surface area contributed by atoms with Crippen molar-refractivity contribution < 1.29 is 23.4 Å². The fraction of sp³-hybridized carbons (Fsp3) is 0.240. The molecule has 1 N–H and O–H groups in total. The maximum atomic E-state index is 13.0. The van der Waals surface area contributed by atoms with Gasteiger partial charge in [-0.25, -0.2) is 0 Å². The molecule has 9 nitrogen and oxygen atoms in total. The minimum absolute atomic E-state index is 0.165. The van der Waals surface area contributed by atoms with Gasteiger partial charge in [-0.15, -0.1) is 10.2 Å². The number of hydrogen-bond donors (Lipinski definition) is 1. The number of hydrogen-bond acceptors (Lipinski definition) is 8. The first kappa shape index (κ1) is 22.9. The first-order chi connectivity index (χ1) is 17.1. The molecule has 1 aliphatic heterocycles. The lowest BCUT2D eigenvalue weighted by Crippen LogP contribution is -2.23. The van der Waals surface area contributed by atoms with Crippen LogP contribution in [0.1, 0.15) is 12.7 Å². The quantitative estimate of drug-likeness (QED) is 0.359. The SMILES string of the molecule is COc1cccc(-c2nnc(S[C@H](C)C(=O)Nc3ccc4c(c3)OCCO4)n2Cc2ccco2)c1. The lowest BCUT2D eigenvalue weighted by atomic mass is 10.2. The van der Waals surface area contributed by atoms with Crippen molar-refractivity contribution in [3.8, 4) is 28.6 Å². The predicted octanol–water partition coefficient (Wildman–Crippen LogP) is 4.49. The number of anilines is 1. The number of fused-ring (bicyclic) bond motifs is 1. The number of furan rings is 1. The molecule has 0 spiro atoms. The van der Waals surface area contributed by atoms with Gasteiger partial charge >= 0.3 is 0 Å². The molecule has 4 aromatic rings. The van der Waals surface area contributed by atoms with Crippen molar-refractivity contribution in [1.82, 2.24) is 14.8 Å². The molecule has 0 unspecified atom stereocenters. The molecule has 0 aliphatic carbocycles. The zero-order chi connectivity index (χ0) is 24.2. The van der Waals surface area contributed by atoms with Crippen molar-refractivity contribution in [2.45, 2.75) is 23.9 Å². The van der Waals surface area contributed by atoms with Gasteiger partial charge in [0.25, 0.3) is 0 Å². The summed E-state index contributed by atoms with van der Waals surface area (Å²) in [6.07, 6.45) is 1.63. The van der Waals surface area contributed by atoms with Crippen molar-refractivity contribution in [3.05, 3.63) is 66.6 Å². The third kappa shape index (κ3) is 5.12. The Morgan fingerprint density at radius 3 is 2.77 bits per heavy atom. The second-order valence-corrected chi connectivity index (χ2v) is 9.12. The Hall–Kier alpha value is -3.92. The van der Waals surface area contributed by atoms with E-state index in [1.54, 1.807) is 31.6 Å². The van der Waals surface area contributed by atoms with E-state index in [9.17, 15) is 4.79 Å². The van der Waals surface area contributed by atoms with Crippen LogP contribution >= 0.6 is 11.8 Å². The Labute approximate surface area is 206 Å². The molecule has 0 bridgehead atoms. The molecule has 2 aromatic carbocycles. The minimum Gasteiger partial charge on any atom is -0.497 e. The number of nitrogens with zero attached hydrogens (tertiary/aromatic N) is 3. The molecule has 1 amide bonds. The van der Waals surface area contributed by atoms with E-state index >= 15 is 0 Å². The lowest BCUT2D eigenvalue weighted by Gasteiger charge is -2.19. The second-order valence-electron chi connectivity index (χ2n) is 7.81. The van der Waals surface area contributed by atoms with Crippen molar-refractivity contribution in [3.63, 3.8) is 0 Å². The highest BCUT2D eigenvalue weighted by Crippen LogP contribution is 2.33. The molecule has 0 saturated heterocycles. The fourth-order valence-corrected chi connectivity index (χ4v) is 4.48. The Bertz CT molecular complexity index is 1320. The van der Waals surface area contributed by atoms with Gasteiger partial charge in [0.15, 0.2) is 22.5 Å². The zero-order valence-electron chi connectivity index (χ0n) is 19.3. The molecule has 1 atom stereocenters. The summed E-state index contributed by atoms with van der Waals surface area (Å²) < 4.78 is 24.0. The van der Waals surface area contributed by atoms with Crippen LogP contribution < -0.4 is 19.5 Å². The van der Waals surface area contributed by atoms with Crippen LogP contribution in [0.4, 0.5) is 5.69 Å². The summed E-state index contributed by atoms with van der Waals surface area (Å²) in [5.74, 6) is 3.26. The van der Waals surface area contributed by atoms with E-state index < -0.39 is 5.25 Å². The number of benzene rings is 2. The first-order valence-electron chi connectivity index (χ1n) is 11.1. The topological polar surface area (TPSA) is 101 Å². The number of rotatable bonds is 8. The predicted molar refractivity (Wildman–Crippen MR) is 131 cm³/mol. The fourth-order valence-electron chi connectivity index (χ4n) is 3.63. The highest BCUT2D eigenvalue weighted by atomic mass is 32.2. The Morgan fingerprint density at radius 2 is 1.97 bits per heavy atom. The van der Waals surface area contributed by atoms with Gasteiger partial charge in [0.1, 0.15) is 24.7 Å². The summed E-state index contributed by atoms with van der Waals surface area (Å²) in [5, 5.41) is 11.9. The van der Waals surface area contributed by atoms with Gasteiger partial charge < -0.3 is 23.9 Å². The Morgan fingerprint density at radius 1 is 1.11 bits per heavy atom. The number of nitrogens with one attached hydrogen (secondary N) is 1. The number of ether oxygens (including phenoxy) is 3. The Kier molecular flexibility index (Phi) is 6.62. The van der Waals surface area contributed by atoms with E-state index in [0.29, 0.717) is 47.9 Å². The molecule has 35 heavy (non-hydrogen) atoms. The number of aromatic nitrogens is 3. The Balaban J connectivity index is 1.36. The lowest BCUT2D eigenvalue weighted by molar-refractivity contribution is -0.115. The number of amides is 1. The van der Waals surface area contributed by atoms with Crippen LogP contribution in [0.2, 0.25) is 0 Å². The third-order valence-corrected chi connectivity index (χ3v) is 6.48. The van der Waals surface area contributed by atoms with Crippen molar-refractivity contribution >= 4 is 23.4 Å². The summed E-state index contributed by atoms with van der Waals surface area (Å²) in [4.78, 5) is 13.0. The maximum absolute atomic E-state index is 13.0. The van der Waals surface area contributed by atoms with Crippen molar-refractivity contribution in [1.29, 1.82) is 0 Å². The molecule has 180 valence electrons. The number of thioether (sulfide) groups is 1. The highest BCUT2D eigenvalue weighted by Gasteiger charge is 2.22. The van der Waals surface area contributed by atoms with Gasteiger partial charge in [-0.2, -0.15) is 0 Å². The highest BCUT2D eigenvalue weighted by molar-refractivity contribution is 8.00. The number of carbonyl (C=O) groups is 1. The molecular weight excluding hydrogens is 468 g/mol. The van der Waals surface area contributed by atoms with E-state index in [4.69, 9.17) is 18.6 Å². The van der Waals surface area contributed by atoms with E-state index in [2.05, 4.69) is 15.5 Å². The summed E-state index contributed by atoms with van der Waals surface area (Å²) in [6.45, 7) is 3.25. The summed E-state index contributed by atoms with van der Waals surface area (Å²) in [6, 6.07) is 16.7. The van der Waals surface area contributed by atoms with Gasteiger partial charge in [0.2, 0.25) is 5.91 Å². The molecule has 0 radical (unpaired) electrons. The van der Waals surface area contributed by atoms with Gasteiger partial charge in [0, 0.05) is 17.3 Å². The van der Waals surface area contributed by atoms with Crippen LogP contribution in [0, 0.1) is 0 Å². The first-order valence-corrected chi connectivity index (χ1v) is 12.0. The van der Waals surface area contributed by atoms with Gasteiger partial charge in [0.05, 0.1) is 25.2 Å². The van der Waals surface area contributed by atoms with E-state index in [1.165, 1.54) is 11.8 Å². The van der Waals surface area contributed by atoms with E-state index in [0.717, 1.165) is 17.1 Å². The van der Waals surface area contributed by atoms with Gasteiger partial charge in [-0.05, 0) is 43.3 Å². The number of carbonyl (C=O) groups excluding carboxylic acids is 1. The molecular formula is C25H24N4O5S. The van der Waals surface area contributed by atoms with Crippen LogP contribution in [-0.4, -0.2) is 46.2 Å². The largest absolute Gasteiger partial charge is 0.497 e. The molecule has 10 heteroatoms. The molecule has 2 aromatic heterocycles. The summed E-state index contributed by atoms with van der Waals surface area (Å²) in [5.41, 5.74) is 1.49. The van der Waals surface area contributed by atoms with Crippen molar-refractivity contribution in [2.75, 3.05) is 25.6 Å². The summed E-state index contributed by atoms with van der Waals surface area (Å²) >= 11 is 1.32. The molecule has 0 fully saturated rings. The second kappa shape index (κ2) is 10.1. The van der Waals surface area contributed by atoms with E-state index in [1.807, 2.05) is 47.9 Å². The smallest absolute Gasteiger partial charge is 0.237 e. The van der Waals surface area contributed by atoms with Crippen LogP contribution in [0.15, 0.2) is 70.4 Å².